The lowest BCUT2D eigenvalue weighted by Gasteiger charge is -2.07. The third-order valence-electron chi connectivity index (χ3n) is 3.19. The number of amides is 1. The Kier molecular flexibility index (Phi) is 3.17. The Morgan fingerprint density at radius 3 is 2.90 bits per heavy atom. The lowest BCUT2D eigenvalue weighted by atomic mass is 10.1. The number of nitrogens with zero attached hydrogens (tertiary/aromatic N) is 4. The van der Waals surface area contributed by atoms with E-state index in [1.165, 1.54) is 7.05 Å². The highest BCUT2D eigenvalue weighted by Crippen LogP contribution is 2.24. The zero-order valence-corrected chi connectivity index (χ0v) is 12.0. The number of aromatic nitrogens is 4. The second-order valence-electron chi connectivity index (χ2n) is 4.96. The molecule has 0 bridgehead atoms. The molecule has 1 N–H and O–H groups in total. The molecule has 3 aromatic rings. The van der Waals surface area contributed by atoms with Crippen LogP contribution in [0.2, 0.25) is 0 Å². The molecule has 1 amide bonds. The predicted molar refractivity (Wildman–Crippen MR) is 76.8 cm³/mol. The van der Waals surface area contributed by atoms with E-state index in [0.29, 0.717) is 5.82 Å². The van der Waals surface area contributed by atoms with Gasteiger partial charge in [0.1, 0.15) is 0 Å². The molecule has 2 aromatic heterocycles. The first kappa shape index (κ1) is 13.3. The smallest absolute Gasteiger partial charge is 0.316 e. The predicted octanol–water partition coefficient (Wildman–Crippen LogP) is 2.03. The van der Waals surface area contributed by atoms with Crippen molar-refractivity contribution in [2.75, 3.05) is 7.05 Å². The zero-order chi connectivity index (χ0) is 15.0. The van der Waals surface area contributed by atoms with Gasteiger partial charge in [0.15, 0.2) is 0 Å². The number of carbonyl (C=O) groups excluding carboxylic acids is 1. The van der Waals surface area contributed by atoms with E-state index in [2.05, 4.69) is 34.4 Å². The van der Waals surface area contributed by atoms with Crippen LogP contribution >= 0.6 is 0 Å². The summed E-state index contributed by atoms with van der Waals surface area (Å²) in [6.07, 6.45) is 1.82. The monoisotopic (exact) mass is 285 g/mol. The van der Waals surface area contributed by atoms with E-state index in [1.54, 1.807) is 0 Å². The largest absolute Gasteiger partial charge is 0.351 e. The fourth-order valence-electron chi connectivity index (χ4n) is 2.13. The molecule has 1 aromatic carbocycles. The normalized spacial score (nSPS) is 11.2. The maximum Gasteiger partial charge on any atom is 0.316 e. The average Bonchev–Trinajstić information content (AvgIpc) is 3.12. The Labute approximate surface area is 120 Å². The van der Waals surface area contributed by atoms with Crippen LogP contribution in [0.1, 0.15) is 30.6 Å². The average molecular weight is 285 g/mol. The van der Waals surface area contributed by atoms with Gasteiger partial charge >= 0.3 is 11.8 Å². The van der Waals surface area contributed by atoms with Gasteiger partial charge in [-0.25, -0.2) is 0 Å². The minimum atomic E-state index is -0.401. The van der Waals surface area contributed by atoms with Crippen LogP contribution in [-0.2, 0) is 0 Å². The van der Waals surface area contributed by atoms with Crippen molar-refractivity contribution in [2.45, 2.75) is 19.9 Å². The van der Waals surface area contributed by atoms with Gasteiger partial charge in [-0.15, -0.1) is 0 Å². The Balaban J connectivity index is 2.06. The summed E-state index contributed by atoms with van der Waals surface area (Å²) in [7, 11) is 1.51. The summed E-state index contributed by atoms with van der Waals surface area (Å²) in [5, 5.41) is 11.7. The van der Waals surface area contributed by atoms with Crippen LogP contribution < -0.4 is 5.32 Å². The van der Waals surface area contributed by atoms with Gasteiger partial charge in [-0.2, -0.15) is 10.1 Å². The number of carbonyl (C=O) groups is 1. The highest BCUT2D eigenvalue weighted by atomic mass is 16.5. The van der Waals surface area contributed by atoms with Crippen molar-refractivity contribution in [1.29, 1.82) is 0 Å². The number of hydrogen-bond acceptors (Lipinski definition) is 5. The van der Waals surface area contributed by atoms with E-state index in [1.807, 2.05) is 29.1 Å². The molecule has 0 fully saturated rings. The van der Waals surface area contributed by atoms with Crippen molar-refractivity contribution in [1.82, 2.24) is 25.2 Å². The number of nitrogens with one attached hydrogen (secondary N) is 1. The van der Waals surface area contributed by atoms with Crippen LogP contribution in [0, 0.1) is 0 Å². The Morgan fingerprint density at radius 2 is 2.19 bits per heavy atom. The number of benzene rings is 1. The lowest BCUT2D eigenvalue weighted by Crippen LogP contribution is -2.17. The van der Waals surface area contributed by atoms with E-state index < -0.39 is 5.91 Å². The standard InChI is InChI=1S/C14H15N5O2/c1-8(2)19-11-6-9(4-5-10(11)7-16-19)12-17-14(21-18-12)13(20)15-3/h4-8H,1-3H3,(H,15,20). The fraction of sp³-hybridized carbons (Fsp3) is 0.286. The van der Waals surface area contributed by atoms with E-state index in [-0.39, 0.29) is 11.9 Å². The van der Waals surface area contributed by atoms with Crippen LogP contribution in [0.4, 0.5) is 0 Å². The fourth-order valence-corrected chi connectivity index (χ4v) is 2.13. The van der Waals surface area contributed by atoms with Gasteiger partial charge in [0.05, 0.1) is 11.7 Å². The Morgan fingerprint density at radius 1 is 1.38 bits per heavy atom. The summed E-state index contributed by atoms with van der Waals surface area (Å²) >= 11 is 0. The Hall–Kier alpha value is -2.70. The quantitative estimate of drug-likeness (QED) is 0.795. The molecular weight excluding hydrogens is 270 g/mol. The van der Waals surface area contributed by atoms with Gasteiger partial charge in [-0.1, -0.05) is 17.3 Å². The SMILES string of the molecule is CNC(=O)c1nc(-c2ccc3cnn(C(C)C)c3c2)no1. The molecule has 0 saturated heterocycles. The minimum Gasteiger partial charge on any atom is -0.351 e. The molecule has 3 rings (SSSR count). The van der Waals surface area contributed by atoms with E-state index in [4.69, 9.17) is 4.52 Å². The molecule has 0 atom stereocenters. The third kappa shape index (κ3) is 2.26. The number of fused-ring (bicyclic) bond motifs is 1. The molecule has 0 unspecified atom stereocenters. The molecule has 0 saturated carbocycles. The van der Waals surface area contributed by atoms with Gasteiger partial charge in [-0.05, 0) is 19.9 Å². The van der Waals surface area contributed by atoms with Crippen molar-refractivity contribution in [3.8, 4) is 11.4 Å². The van der Waals surface area contributed by atoms with Gasteiger partial charge in [0.25, 0.3) is 0 Å². The molecular formula is C14H15N5O2. The van der Waals surface area contributed by atoms with Crippen molar-refractivity contribution in [2.24, 2.45) is 0 Å². The van der Waals surface area contributed by atoms with Crippen molar-refractivity contribution in [3.63, 3.8) is 0 Å². The maximum atomic E-state index is 11.5. The van der Waals surface area contributed by atoms with Crippen LogP contribution in [0.25, 0.3) is 22.3 Å². The van der Waals surface area contributed by atoms with Crippen LogP contribution in [-0.4, -0.2) is 32.9 Å². The minimum absolute atomic E-state index is 0.0510. The van der Waals surface area contributed by atoms with E-state index in [0.717, 1.165) is 16.5 Å². The second-order valence-corrected chi connectivity index (χ2v) is 4.96. The lowest BCUT2D eigenvalue weighted by molar-refractivity contribution is 0.0919. The summed E-state index contributed by atoms with van der Waals surface area (Å²) in [6, 6.07) is 6.03. The van der Waals surface area contributed by atoms with Crippen LogP contribution in [0.3, 0.4) is 0 Å². The summed E-state index contributed by atoms with van der Waals surface area (Å²) in [5.41, 5.74) is 1.78. The number of rotatable bonds is 3. The second kappa shape index (κ2) is 5.01. The molecule has 7 nitrogen and oxygen atoms in total. The first-order chi connectivity index (χ1) is 10.1. The first-order valence-corrected chi connectivity index (χ1v) is 6.63. The zero-order valence-electron chi connectivity index (χ0n) is 12.0. The summed E-state index contributed by atoms with van der Waals surface area (Å²) in [5.74, 6) is -0.0704. The topological polar surface area (TPSA) is 85.8 Å². The molecule has 2 heterocycles. The highest BCUT2D eigenvalue weighted by Gasteiger charge is 2.15. The molecule has 0 aliphatic rings. The van der Waals surface area contributed by atoms with E-state index >= 15 is 0 Å². The summed E-state index contributed by atoms with van der Waals surface area (Å²) in [4.78, 5) is 15.5. The maximum absolute atomic E-state index is 11.5. The number of hydrogen-bond donors (Lipinski definition) is 1. The van der Waals surface area contributed by atoms with Crippen molar-refractivity contribution >= 4 is 16.8 Å². The first-order valence-electron chi connectivity index (χ1n) is 6.63. The van der Waals surface area contributed by atoms with Gasteiger partial charge in [0.2, 0.25) is 5.82 Å². The van der Waals surface area contributed by atoms with Gasteiger partial charge in [-0.3, -0.25) is 9.48 Å². The van der Waals surface area contributed by atoms with Crippen molar-refractivity contribution < 1.29 is 9.32 Å². The summed E-state index contributed by atoms with van der Waals surface area (Å²) in [6.45, 7) is 4.13. The van der Waals surface area contributed by atoms with E-state index in [9.17, 15) is 4.79 Å². The van der Waals surface area contributed by atoms with Crippen molar-refractivity contribution in [3.05, 3.63) is 30.3 Å². The molecule has 108 valence electrons. The Bertz CT molecular complexity index is 803. The van der Waals surface area contributed by atoms with Gasteiger partial charge < -0.3 is 9.84 Å². The summed E-state index contributed by atoms with van der Waals surface area (Å²) < 4.78 is 6.88. The molecule has 0 aliphatic heterocycles. The van der Waals surface area contributed by atoms with Crippen LogP contribution in [0.5, 0.6) is 0 Å². The molecule has 21 heavy (non-hydrogen) atoms. The molecule has 0 spiro atoms. The molecule has 0 aliphatic carbocycles. The molecule has 7 heteroatoms. The molecule has 0 radical (unpaired) electrons. The van der Waals surface area contributed by atoms with Gasteiger partial charge in [0, 0.05) is 24.0 Å². The highest BCUT2D eigenvalue weighted by molar-refractivity contribution is 5.90. The van der Waals surface area contributed by atoms with Crippen LogP contribution in [0.15, 0.2) is 28.9 Å². The third-order valence-corrected chi connectivity index (χ3v) is 3.19.